The average molecular weight is 580 g/mol. The molecule has 0 unspecified atom stereocenters. The first-order valence-corrected chi connectivity index (χ1v) is 18.5. The van der Waals surface area contributed by atoms with Gasteiger partial charge in [0, 0.05) is 38.2 Å². The third-order valence-corrected chi connectivity index (χ3v) is 16.3. The van der Waals surface area contributed by atoms with Crippen LogP contribution in [-0.2, 0) is 0 Å². The maximum absolute atomic E-state index is 5.51. The third-order valence-electron chi connectivity index (χ3n) is 8.64. The van der Waals surface area contributed by atoms with Crippen LogP contribution >= 0.6 is 15.5 Å². The molecular weight excluding hydrogens is 536 g/mol. The van der Waals surface area contributed by atoms with Crippen LogP contribution in [0.4, 0.5) is 0 Å². The van der Waals surface area contributed by atoms with Gasteiger partial charge >= 0.3 is 0 Å². The minimum Gasteiger partial charge on any atom is -0.197 e. The average Bonchev–Trinajstić information content (AvgIpc) is 3.55. The summed E-state index contributed by atoms with van der Waals surface area (Å²) in [6.45, 7) is 15.5. The lowest BCUT2D eigenvalue weighted by Gasteiger charge is -2.48. The molecule has 0 saturated carbocycles. The van der Waals surface area contributed by atoms with E-state index in [2.05, 4.69) is 144 Å². The summed E-state index contributed by atoms with van der Waals surface area (Å²) in [6, 6.07) is 41.3. The molecule has 6 rings (SSSR count). The van der Waals surface area contributed by atoms with Gasteiger partial charge in [-0.2, -0.15) is 21.1 Å². The second-order valence-electron chi connectivity index (χ2n) is 11.6. The minimum atomic E-state index is -2.15. The van der Waals surface area contributed by atoms with Gasteiger partial charge in [-0.25, -0.2) is 0 Å². The van der Waals surface area contributed by atoms with Crippen LogP contribution in [0.15, 0.2) is 109 Å². The summed E-state index contributed by atoms with van der Waals surface area (Å²) in [4.78, 5) is 0. The van der Waals surface area contributed by atoms with Gasteiger partial charge in [0.15, 0.2) is 11.6 Å². The summed E-state index contributed by atoms with van der Waals surface area (Å²) < 4.78 is 2.96. The Morgan fingerprint density at radius 3 is 1.56 bits per heavy atom. The van der Waals surface area contributed by atoms with Crippen molar-refractivity contribution in [3.63, 3.8) is 0 Å². The molecule has 5 heteroatoms. The number of aryl methyl sites for hydroxylation is 2. The van der Waals surface area contributed by atoms with Gasteiger partial charge in [0.25, 0.3) is 0 Å². The molecule has 2 atom stereocenters. The lowest BCUT2D eigenvalue weighted by Crippen LogP contribution is -2.33. The van der Waals surface area contributed by atoms with Crippen molar-refractivity contribution in [3.05, 3.63) is 138 Å². The van der Waals surface area contributed by atoms with Gasteiger partial charge in [0.2, 0.25) is 0 Å². The molecule has 0 amide bonds. The molecule has 41 heavy (non-hydrogen) atoms. The van der Waals surface area contributed by atoms with Gasteiger partial charge in [0.1, 0.15) is 0 Å². The fourth-order valence-corrected chi connectivity index (χ4v) is 15.4. The van der Waals surface area contributed by atoms with E-state index >= 15 is 0 Å². The molecule has 2 saturated heterocycles. The Labute approximate surface area is 249 Å². The second-order valence-corrected chi connectivity index (χ2v) is 17.3. The van der Waals surface area contributed by atoms with Crippen molar-refractivity contribution in [2.75, 3.05) is 19.6 Å². The Hall–Kier alpha value is -2.38. The number of unbranched alkanes of at least 4 members (excludes halogenated alkanes) is 1. The fraction of sp³-hybridized carbons (Fsp3) is 0.306. The van der Waals surface area contributed by atoms with Crippen molar-refractivity contribution in [2.45, 2.75) is 51.6 Å². The molecule has 0 spiro atoms. The number of nitrogens with zero attached hydrogens (tertiary/aromatic N) is 3. The Bertz CT molecular complexity index is 1310. The summed E-state index contributed by atoms with van der Waals surface area (Å²) in [5, 5.41) is 8.28. The normalized spacial score (nSPS) is 20.6. The van der Waals surface area contributed by atoms with Crippen LogP contribution in [0.5, 0.6) is 0 Å². The number of hydrogen-bond acceptors (Lipinski definition) is 3. The van der Waals surface area contributed by atoms with E-state index in [0.717, 1.165) is 26.1 Å². The quantitative estimate of drug-likeness (QED) is 0.145. The first-order valence-electron chi connectivity index (χ1n) is 15.1. The van der Waals surface area contributed by atoms with E-state index < -0.39 is 15.5 Å². The number of hydrogen-bond donors (Lipinski definition) is 0. The van der Waals surface area contributed by atoms with Crippen molar-refractivity contribution in [1.82, 2.24) is 14.5 Å². The molecule has 2 fully saturated rings. The van der Waals surface area contributed by atoms with Crippen molar-refractivity contribution in [2.24, 2.45) is 0 Å². The summed E-state index contributed by atoms with van der Waals surface area (Å²) in [5.74, 6) is 0.511. The zero-order valence-electron chi connectivity index (χ0n) is 24.7. The molecule has 2 aliphatic heterocycles. The van der Waals surface area contributed by atoms with Crippen LogP contribution < -0.4 is 10.6 Å². The first-order chi connectivity index (χ1) is 20.0. The Balaban J connectivity index is 1.61. The molecule has 0 N–H and O–H groups in total. The second kappa shape index (κ2) is 12.5. The molecule has 0 aromatic heterocycles. The number of rotatable bonds is 9. The van der Waals surface area contributed by atoms with Crippen LogP contribution in [0.2, 0.25) is 0 Å². The standard InChI is InChI=1S/C36H43N3P2/c1-5-6-28-39(40(33-14-9-7-10-15-33)34-16-11-8-12-17-34)41(4)35(31-22-18-29(2)19-23-31)37-26-13-27-38(37)36(41)32-24-20-30(3)21-25-32/h7-12,14-25,35-36H,4-6,13,26-28H2,1-3H3/t35-,36-/m1/s1. The number of benzene rings is 4. The number of fused-ring (bicyclic) bond motifs is 1. The van der Waals surface area contributed by atoms with Crippen LogP contribution in [0.3, 0.4) is 0 Å². The van der Waals surface area contributed by atoms with E-state index in [1.165, 1.54) is 45.7 Å². The molecule has 2 heterocycles. The SMILES string of the molecule is [CH2-][P+]1(N(CCCC)P(c2ccccc2)c2ccccc2)[C@H](c2ccc(C)cc2)N2CCCN2[C@H]1c1ccc(C)cc1. The van der Waals surface area contributed by atoms with E-state index in [1.807, 2.05) is 0 Å². The van der Waals surface area contributed by atoms with E-state index in [0.29, 0.717) is 0 Å². The molecule has 2 aliphatic rings. The van der Waals surface area contributed by atoms with Crippen molar-refractivity contribution >= 4 is 26.1 Å². The molecule has 0 bridgehead atoms. The lowest BCUT2D eigenvalue weighted by atomic mass is 10.1. The summed E-state index contributed by atoms with van der Waals surface area (Å²) in [5.41, 5.74) is 5.45. The highest BCUT2D eigenvalue weighted by molar-refractivity contribution is 7.87. The molecule has 3 nitrogen and oxygen atoms in total. The Kier molecular flexibility index (Phi) is 8.73. The van der Waals surface area contributed by atoms with E-state index in [-0.39, 0.29) is 11.6 Å². The predicted octanol–water partition coefficient (Wildman–Crippen LogP) is 8.81. The van der Waals surface area contributed by atoms with Gasteiger partial charge in [-0.15, -0.1) is 0 Å². The van der Waals surface area contributed by atoms with E-state index in [1.54, 1.807) is 0 Å². The summed E-state index contributed by atoms with van der Waals surface area (Å²) >= 11 is 0. The zero-order valence-corrected chi connectivity index (χ0v) is 26.5. The molecule has 4 aromatic carbocycles. The molecular formula is C36H43N3P2. The maximum atomic E-state index is 5.51. The first kappa shape index (κ1) is 28.7. The third kappa shape index (κ3) is 5.45. The Morgan fingerprint density at radius 1 is 0.707 bits per heavy atom. The predicted molar refractivity (Wildman–Crippen MR) is 179 cm³/mol. The van der Waals surface area contributed by atoms with Crippen LogP contribution in [0, 0.1) is 20.5 Å². The molecule has 0 radical (unpaired) electrons. The van der Waals surface area contributed by atoms with Gasteiger partial charge < -0.3 is 0 Å². The number of hydrazine groups is 1. The molecule has 212 valence electrons. The topological polar surface area (TPSA) is 9.72 Å². The zero-order chi connectivity index (χ0) is 28.4. The maximum Gasteiger partial charge on any atom is 0.151 e. The smallest absolute Gasteiger partial charge is 0.151 e. The van der Waals surface area contributed by atoms with Crippen molar-refractivity contribution in [3.8, 4) is 0 Å². The summed E-state index contributed by atoms with van der Waals surface area (Å²) in [7, 11) is -2.94. The summed E-state index contributed by atoms with van der Waals surface area (Å²) in [6.07, 6.45) is 3.53. The molecule has 0 aliphatic carbocycles. The monoisotopic (exact) mass is 579 g/mol. The van der Waals surface area contributed by atoms with Gasteiger partial charge in [-0.3, -0.25) is 0 Å². The van der Waals surface area contributed by atoms with Crippen LogP contribution in [-0.4, -0.2) is 34.1 Å². The van der Waals surface area contributed by atoms with Crippen LogP contribution in [0.25, 0.3) is 0 Å². The van der Waals surface area contributed by atoms with E-state index in [9.17, 15) is 0 Å². The van der Waals surface area contributed by atoms with Crippen LogP contribution in [0.1, 0.15) is 60.0 Å². The van der Waals surface area contributed by atoms with E-state index in [4.69, 9.17) is 6.66 Å². The minimum absolute atomic E-state index is 0.256. The van der Waals surface area contributed by atoms with Crippen molar-refractivity contribution < 1.29 is 0 Å². The van der Waals surface area contributed by atoms with Crippen molar-refractivity contribution in [1.29, 1.82) is 0 Å². The molecule has 4 aromatic rings. The highest BCUT2D eigenvalue weighted by atomic mass is 31.2. The van der Waals surface area contributed by atoms with Gasteiger partial charge in [0.05, 0.1) is 8.07 Å². The fourth-order valence-electron chi connectivity index (χ4n) is 6.67. The largest absolute Gasteiger partial charge is 0.197 e. The Morgan fingerprint density at radius 2 is 1.15 bits per heavy atom. The van der Waals surface area contributed by atoms with Gasteiger partial charge in [-0.05, 0) is 37.3 Å². The highest BCUT2D eigenvalue weighted by Gasteiger charge is 2.64. The lowest BCUT2D eigenvalue weighted by molar-refractivity contribution is 0.0252. The highest BCUT2D eigenvalue weighted by Crippen LogP contribution is 2.88. The van der Waals surface area contributed by atoms with Gasteiger partial charge in [-0.1, -0.05) is 134 Å².